The summed E-state index contributed by atoms with van der Waals surface area (Å²) in [5, 5.41) is 10.5. The third-order valence-corrected chi connectivity index (χ3v) is 3.24. The van der Waals surface area contributed by atoms with E-state index in [0.717, 1.165) is 11.1 Å². The van der Waals surface area contributed by atoms with Crippen molar-refractivity contribution in [3.05, 3.63) is 47.2 Å². The topological polar surface area (TPSA) is 37.3 Å². The minimum absolute atomic E-state index is 0.143. The molecular weight excluding hydrogens is 248 g/mol. The van der Waals surface area contributed by atoms with Crippen molar-refractivity contribution in [2.45, 2.75) is 52.4 Å². The third-order valence-electron chi connectivity index (χ3n) is 3.24. The van der Waals surface area contributed by atoms with Crippen LogP contribution in [0.4, 0.5) is 0 Å². The van der Waals surface area contributed by atoms with Gasteiger partial charge in [0.25, 0.3) is 0 Å². The SMILES string of the molecule is C=C=CC(=O)c1cc(C(C)(C)C)c(O)c(C(C)(C)C)c1. The van der Waals surface area contributed by atoms with Gasteiger partial charge in [-0.3, -0.25) is 4.79 Å². The molecule has 0 spiro atoms. The summed E-state index contributed by atoms with van der Waals surface area (Å²) in [5.74, 6) is 0.139. The number of carbonyl (C=O) groups is 1. The maximum atomic E-state index is 12.1. The van der Waals surface area contributed by atoms with E-state index < -0.39 is 0 Å². The molecule has 2 nitrogen and oxygen atoms in total. The monoisotopic (exact) mass is 272 g/mol. The van der Waals surface area contributed by atoms with Gasteiger partial charge in [0.15, 0.2) is 5.78 Å². The minimum atomic E-state index is -0.238. The van der Waals surface area contributed by atoms with E-state index in [4.69, 9.17) is 0 Å². The lowest BCUT2D eigenvalue weighted by atomic mass is 9.78. The van der Waals surface area contributed by atoms with Gasteiger partial charge in [-0.15, -0.1) is 5.73 Å². The largest absolute Gasteiger partial charge is 0.507 e. The quantitative estimate of drug-likeness (QED) is 0.488. The molecule has 20 heavy (non-hydrogen) atoms. The predicted octanol–water partition coefficient (Wildman–Crippen LogP) is 4.51. The molecule has 0 aromatic heterocycles. The fourth-order valence-corrected chi connectivity index (χ4v) is 2.10. The number of phenolic OH excluding ortho intramolecular Hbond substituents is 1. The van der Waals surface area contributed by atoms with Crippen LogP contribution in [-0.2, 0) is 10.8 Å². The van der Waals surface area contributed by atoms with E-state index in [-0.39, 0.29) is 22.4 Å². The van der Waals surface area contributed by atoms with Crippen LogP contribution in [0.25, 0.3) is 0 Å². The first kappa shape index (κ1) is 16.3. The molecule has 0 unspecified atom stereocenters. The maximum absolute atomic E-state index is 12.1. The first-order valence-electron chi connectivity index (χ1n) is 6.76. The Morgan fingerprint density at radius 1 is 1.10 bits per heavy atom. The van der Waals surface area contributed by atoms with Crippen molar-refractivity contribution in [2.75, 3.05) is 0 Å². The summed E-state index contributed by atoms with van der Waals surface area (Å²) < 4.78 is 0. The van der Waals surface area contributed by atoms with Gasteiger partial charge in [-0.2, -0.15) is 0 Å². The summed E-state index contributed by atoms with van der Waals surface area (Å²) in [4.78, 5) is 12.1. The van der Waals surface area contributed by atoms with E-state index in [1.165, 1.54) is 6.08 Å². The zero-order chi connectivity index (χ0) is 15.7. The Morgan fingerprint density at radius 3 is 1.80 bits per heavy atom. The van der Waals surface area contributed by atoms with Crippen molar-refractivity contribution in [2.24, 2.45) is 0 Å². The van der Waals surface area contributed by atoms with Crippen molar-refractivity contribution < 1.29 is 9.90 Å². The first-order chi connectivity index (χ1) is 8.98. The Morgan fingerprint density at radius 2 is 1.50 bits per heavy atom. The number of hydrogen-bond acceptors (Lipinski definition) is 2. The number of rotatable bonds is 2. The maximum Gasteiger partial charge on any atom is 0.193 e. The second kappa shape index (κ2) is 5.30. The third kappa shape index (κ3) is 3.40. The lowest BCUT2D eigenvalue weighted by Crippen LogP contribution is -2.18. The highest BCUT2D eigenvalue weighted by molar-refractivity contribution is 6.04. The molecule has 0 bridgehead atoms. The number of phenols is 1. The summed E-state index contributed by atoms with van der Waals surface area (Å²) >= 11 is 0. The Kier molecular flexibility index (Phi) is 4.31. The molecule has 0 atom stereocenters. The normalized spacial score (nSPS) is 11.9. The van der Waals surface area contributed by atoms with Crippen LogP contribution in [0.1, 0.15) is 63.0 Å². The summed E-state index contributed by atoms with van der Waals surface area (Å²) in [6, 6.07) is 3.53. The van der Waals surface area contributed by atoms with Crippen molar-refractivity contribution in [1.82, 2.24) is 0 Å². The van der Waals surface area contributed by atoms with Gasteiger partial charge in [0.2, 0.25) is 0 Å². The number of ketones is 1. The Bertz CT molecular complexity index is 539. The van der Waals surface area contributed by atoms with Gasteiger partial charge in [0.1, 0.15) is 5.75 Å². The van der Waals surface area contributed by atoms with Gasteiger partial charge >= 0.3 is 0 Å². The molecule has 0 aliphatic rings. The lowest BCUT2D eigenvalue weighted by molar-refractivity contribution is 0.104. The average molecular weight is 272 g/mol. The molecule has 1 N–H and O–H groups in total. The van der Waals surface area contributed by atoms with Crippen LogP contribution in [0.15, 0.2) is 30.5 Å². The lowest BCUT2D eigenvalue weighted by Gasteiger charge is -2.27. The standard InChI is InChI=1S/C18H24O2/c1-8-9-15(19)12-10-13(17(2,3)4)16(20)14(11-12)18(5,6)7/h9-11,20H,1H2,2-7H3. The molecule has 1 rings (SSSR count). The fourth-order valence-electron chi connectivity index (χ4n) is 2.10. The van der Waals surface area contributed by atoms with Crippen LogP contribution in [0.5, 0.6) is 5.75 Å². The van der Waals surface area contributed by atoms with E-state index in [1.807, 2.05) is 41.5 Å². The van der Waals surface area contributed by atoms with Crippen molar-refractivity contribution in [3.8, 4) is 5.75 Å². The van der Waals surface area contributed by atoms with E-state index in [0.29, 0.717) is 5.56 Å². The van der Waals surface area contributed by atoms with Crippen LogP contribution >= 0.6 is 0 Å². The van der Waals surface area contributed by atoms with Gasteiger partial charge in [0, 0.05) is 22.8 Å². The van der Waals surface area contributed by atoms with Crippen LogP contribution in [0.3, 0.4) is 0 Å². The summed E-state index contributed by atoms with van der Waals surface area (Å²) in [7, 11) is 0. The number of carbonyl (C=O) groups excluding carboxylic acids is 1. The van der Waals surface area contributed by atoms with E-state index in [1.54, 1.807) is 12.1 Å². The highest BCUT2D eigenvalue weighted by Crippen LogP contribution is 2.39. The molecule has 0 aliphatic heterocycles. The summed E-state index contributed by atoms with van der Waals surface area (Å²) in [6.45, 7) is 15.6. The average Bonchev–Trinajstić information content (AvgIpc) is 2.26. The molecule has 0 saturated carbocycles. The number of benzene rings is 1. The van der Waals surface area contributed by atoms with Gasteiger partial charge in [0.05, 0.1) is 0 Å². The number of aromatic hydroxyl groups is 1. The predicted molar refractivity (Wildman–Crippen MR) is 83.5 cm³/mol. The Balaban J connectivity index is 3.67. The van der Waals surface area contributed by atoms with Gasteiger partial charge in [-0.25, -0.2) is 0 Å². The van der Waals surface area contributed by atoms with Gasteiger partial charge in [-0.1, -0.05) is 48.1 Å². The summed E-state index contributed by atoms with van der Waals surface area (Å²) in [6.07, 6.45) is 1.32. The van der Waals surface area contributed by atoms with Crippen molar-refractivity contribution >= 4 is 5.78 Å². The fraction of sp³-hybridized carbons (Fsp3) is 0.444. The Labute approximate surface area is 121 Å². The van der Waals surface area contributed by atoms with Crippen molar-refractivity contribution in [3.63, 3.8) is 0 Å². The van der Waals surface area contributed by atoms with Crippen LogP contribution in [-0.4, -0.2) is 10.9 Å². The Hall–Kier alpha value is -1.79. The number of hydrogen-bond donors (Lipinski definition) is 1. The zero-order valence-corrected chi connectivity index (χ0v) is 13.3. The first-order valence-corrected chi connectivity index (χ1v) is 6.76. The van der Waals surface area contributed by atoms with Gasteiger partial charge < -0.3 is 5.11 Å². The molecule has 0 fully saturated rings. The molecule has 0 aliphatic carbocycles. The molecule has 108 valence electrons. The second-order valence-electron chi connectivity index (χ2n) is 7.13. The molecule has 0 heterocycles. The zero-order valence-electron chi connectivity index (χ0n) is 13.3. The smallest absolute Gasteiger partial charge is 0.193 e. The van der Waals surface area contributed by atoms with Crippen LogP contribution < -0.4 is 0 Å². The van der Waals surface area contributed by atoms with E-state index >= 15 is 0 Å². The summed E-state index contributed by atoms with van der Waals surface area (Å²) in [5.41, 5.74) is 4.16. The molecule has 0 saturated heterocycles. The highest BCUT2D eigenvalue weighted by atomic mass is 16.3. The van der Waals surface area contributed by atoms with Crippen LogP contribution in [0.2, 0.25) is 0 Å². The minimum Gasteiger partial charge on any atom is -0.507 e. The molecule has 1 aromatic rings. The van der Waals surface area contributed by atoms with Gasteiger partial charge in [-0.05, 0) is 23.0 Å². The van der Waals surface area contributed by atoms with E-state index in [2.05, 4.69) is 12.3 Å². The van der Waals surface area contributed by atoms with Crippen LogP contribution in [0, 0.1) is 0 Å². The highest BCUT2D eigenvalue weighted by Gasteiger charge is 2.27. The van der Waals surface area contributed by atoms with Crippen molar-refractivity contribution in [1.29, 1.82) is 0 Å². The molecular formula is C18H24O2. The van der Waals surface area contributed by atoms with E-state index in [9.17, 15) is 9.90 Å². The second-order valence-corrected chi connectivity index (χ2v) is 7.13. The molecule has 1 aromatic carbocycles. The molecule has 0 amide bonds. The molecule has 2 heteroatoms. The molecule has 0 radical (unpaired) electrons. The number of allylic oxidation sites excluding steroid dienone is 1.